The fourth-order valence-corrected chi connectivity index (χ4v) is 3.20. The number of nitrogens with zero attached hydrogens (tertiary/aromatic N) is 3. The van der Waals surface area contributed by atoms with Crippen LogP contribution in [0.2, 0.25) is 0 Å². The van der Waals surface area contributed by atoms with Crippen molar-refractivity contribution in [3.8, 4) is 11.5 Å². The number of nitrogens with one attached hydrogen (secondary N) is 1. The van der Waals surface area contributed by atoms with Crippen LogP contribution in [0.1, 0.15) is 5.56 Å². The minimum Gasteiger partial charge on any atom is -0.495 e. The smallest absolute Gasteiger partial charge is 0.329 e. The lowest BCUT2D eigenvalue weighted by Gasteiger charge is -2.36. The predicted molar refractivity (Wildman–Crippen MR) is 119 cm³/mol. The fraction of sp³-hybridized carbons (Fsp3) is 0.273. The average molecular weight is 439 g/mol. The summed E-state index contributed by atoms with van der Waals surface area (Å²) in [5.41, 5.74) is 8.92. The summed E-state index contributed by atoms with van der Waals surface area (Å²) in [6.45, 7) is 1.81. The molecule has 1 heterocycles. The van der Waals surface area contributed by atoms with E-state index in [1.54, 1.807) is 31.4 Å². The quantitative estimate of drug-likeness (QED) is 0.364. The average Bonchev–Trinajstić information content (AvgIpc) is 2.83. The number of anilines is 1. The standard InChI is InChI=1S/C22H25N5O5/c1-31-19-5-3-2-4-18(19)26-10-12-27(13-11-26)22(30)21(29)25-24-14-16-6-8-17(9-7-16)32-15-20(23)28/h2-9,14H,10-13,15H2,1H3,(H2,23,28)(H,25,29)/b24-14-. The van der Waals surface area contributed by atoms with Gasteiger partial charge in [0, 0.05) is 26.2 Å². The maximum Gasteiger partial charge on any atom is 0.329 e. The zero-order valence-corrected chi connectivity index (χ0v) is 17.7. The second-order valence-corrected chi connectivity index (χ2v) is 6.97. The highest BCUT2D eigenvalue weighted by Crippen LogP contribution is 2.28. The molecular formula is C22H25N5O5. The third-order valence-electron chi connectivity index (χ3n) is 4.83. The number of piperazine rings is 1. The summed E-state index contributed by atoms with van der Waals surface area (Å²) in [6.07, 6.45) is 1.41. The van der Waals surface area contributed by atoms with Gasteiger partial charge in [-0.2, -0.15) is 5.10 Å². The van der Waals surface area contributed by atoms with Crippen molar-refractivity contribution in [1.82, 2.24) is 10.3 Å². The first-order chi connectivity index (χ1) is 15.5. The zero-order chi connectivity index (χ0) is 22.9. The van der Waals surface area contributed by atoms with Crippen LogP contribution >= 0.6 is 0 Å². The summed E-state index contributed by atoms with van der Waals surface area (Å²) in [6, 6.07) is 14.3. The summed E-state index contributed by atoms with van der Waals surface area (Å²) in [7, 11) is 1.62. The van der Waals surface area contributed by atoms with Crippen molar-refractivity contribution in [1.29, 1.82) is 0 Å². The van der Waals surface area contributed by atoms with Gasteiger partial charge in [-0.1, -0.05) is 12.1 Å². The first kappa shape index (κ1) is 22.6. The number of ether oxygens (including phenoxy) is 2. The molecule has 32 heavy (non-hydrogen) atoms. The van der Waals surface area contributed by atoms with Crippen molar-refractivity contribution in [3.63, 3.8) is 0 Å². The van der Waals surface area contributed by atoms with Crippen LogP contribution in [0.5, 0.6) is 11.5 Å². The minimum atomic E-state index is -0.798. The molecule has 0 aliphatic carbocycles. The van der Waals surface area contributed by atoms with Crippen molar-refractivity contribution < 1.29 is 23.9 Å². The highest BCUT2D eigenvalue weighted by Gasteiger charge is 2.26. The molecule has 1 saturated heterocycles. The van der Waals surface area contributed by atoms with E-state index in [4.69, 9.17) is 15.2 Å². The van der Waals surface area contributed by atoms with E-state index >= 15 is 0 Å². The Labute approximate surface area is 185 Å². The molecule has 168 valence electrons. The lowest BCUT2D eigenvalue weighted by Crippen LogP contribution is -2.52. The van der Waals surface area contributed by atoms with E-state index < -0.39 is 17.7 Å². The molecule has 0 bridgehead atoms. The molecule has 0 aromatic heterocycles. The van der Waals surface area contributed by atoms with E-state index in [9.17, 15) is 14.4 Å². The van der Waals surface area contributed by atoms with Gasteiger partial charge in [0.1, 0.15) is 11.5 Å². The van der Waals surface area contributed by atoms with Gasteiger partial charge in [0.25, 0.3) is 5.91 Å². The van der Waals surface area contributed by atoms with Crippen LogP contribution in [0.4, 0.5) is 5.69 Å². The molecule has 1 aliphatic rings. The van der Waals surface area contributed by atoms with Gasteiger partial charge in [0.15, 0.2) is 6.61 Å². The first-order valence-corrected chi connectivity index (χ1v) is 9.99. The Balaban J connectivity index is 1.47. The van der Waals surface area contributed by atoms with E-state index in [2.05, 4.69) is 15.4 Å². The largest absolute Gasteiger partial charge is 0.495 e. The summed E-state index contributed by atoms with van der Waals surface area (Å²) < 4.78 is 10.6. The highest BCUT2D eigenvalue weighted by atomic mass is 16.5. The van der Waals surface area contributed by atoms with Gasteiger partial charge in [-0.25, -0.2) is 5.43 Å². The molecule has 3 rings (SSSR count). The molecule has 2 aromatic rings. The number of hydrogen-bond acceptors (Lipinski definition) is 7. The van der Waals surface area contributed by atoms with Gasteiger partial charge in [0.05, 0.1) is 19.0 Å². The summed E-state index contributed by atoms with van der Waals surface area (Å²) in [5, 5.41) is 3.83. The number of benzene rings is 2. The van der Waals surface area contributed by atoms with E-state index in [0.717, 1.165) is 11.4 Å². The van der Waals surface area contributed by atoms with E-state index in [1.165, 1.54) is 11.1 Å². The van der Waals surface area contributed by atoms with Gasteiger partial charge in [-0.05, 0) is 42.0 Å². The molecule has 0 saturated carbocycles. The SMILES string of the molecule is COc1ccccc1N1CCN(C(=O)C(=O)N/N=C\c2ccc(OCC(N)=O)cc2)CC1. The van der Waals surface area contributed by atoms with Crippen LogP contribution in [-0.2, 0) is 14.4 Å². The molecule has 0 unspecified atom stereocenters. The van der Waals surface area contributed by atoms with E-state index in [0.29, 0.717) is 37.5 Å². The number of primary amides is 1. The maximum atomic E-state index is 12.4. The zero-order valence-electron chi connectivity index (χ0n) is 17.7. The van der Waals surface area contributed by atoms with Crippen molar-refractivity contribution in [3.05, 3.63) is 54.1 Å². The number of carbonyl (C=O) groups is 3. The molecule has 3 amide bonds. The van der Waals surface area contributed by atoms with Crippen LogP contribution in [0.3, 0.4) is 0 Å². The number of hydrazone groups is 1. The van der Waals surface area contributed by atoms with Crippen molar-refractivity contribution in [2.45, 2.75) is 0 Å². The molecule has 1 aliphatic heterocycles. The molecule has 0 spiro atoms. The monoisotopic (exact) mass is 439 g/mol. The molecule has 1 fully saturated rings. The molecule has 0 radical (unpaired) electrons. The number of amides is 3. The maximum absolute atomic E-state index is 12.4. The summed E-state index contributed by atoms with van der Waals surface area (Å²) >= 11 is 0. The van der Waals surface area contributed by atoms with Gasteiger partial charge in [-0.15, -0.1) is 0 Å². The lowest BCUT2D eigenvalue weighted by atomic mass is 10.2. The second kappa shape index (κ2) is 10.8. The first-order valence-electron chi connectivity index (χ1n) is 9.99. The van der Waals surface area contributed by atoms with Crippen LogP contribution in [-0.4, -0.2) is 68.7 Å². The highest BCUT2D eigenvalue weighted by molar-refractivity contribution is 6.35. The van der Waals surface area contributed by atoms with Gasteiger partial charge in [0.2, 0.25) is 0 Å². The Kier molecular flexibility index (Phi) is 7.63. The molecule has 10 nitrogen and oxygen atoms in total. The van der Waals surface area contributed by atoms with Gasteiger partial charge >= 0.3 is 11.8 Å². The Morgan fingerprint density at radius 3 is 2.41 bits per heavy atom. The molecule has 0 atom stereocenters. The third kappa shape index (κ3) is 5.97. The number of hydrogen-bond donors (Lipinski definition) is 2. The Morgan fingerprint density at radius 1 is 1.06 bits per heavy atom. The second-order valence-electron chi connectivity index (χ2n) is 6.97. The van der Waals surface area contributed by atoms with Crippen molar-refractivity contribution in [2.75, 3.05) is 44.8 Å². The van der Waals surface area contributed by atoms with E-state index in [-0.39, 0.29) is 6.61 Å². The number of rotatable bonds is 7. The molecule has 2 aromatic carbocycles. The summed E-state index contributed by atoms with van der Waals surface area (Å²) in [4.78, 5) is 38.9. The fourth-order valence-electron chi connectivity index (χ4n) is 3.20. The van der Waals surface area contributed by atoms with Crippen LogP contribution in [0.25, 0.3) is 0 Å². The molecular weight excluding hydrogens is 414 g/mol. The number of nitrogens with two attached hydrogens (primary N) is 1. The van der Waals surface area contributed by atoms with Gasteiger partial charge in [-0.3, -0.25) is 14.4 Å². The Morgan fingerprint density at radius 2 is 1.75 bits per heavy atom. The topological polar surface area (TPSA) is 127 Å². The number of methoxy groups -OCH3 is 1. The van der Waals surface area contributed by atoms with Crippen LogP contribution in [0.15, 0.2) is 53.6 Å². The third-order valence-corrected chi connectivity index (χ3v) is 4.83. The van der Waals surface area contributed by atoms with Crippen molar-refractivity contribution >= 4 is 29.6 Å². The molecule has 3 N–H and O–H groups in total. The predicted octanol–water partition coefficient (Wildman–Crippen LogP) is 0.358. The van der Waals surface area contributed by atoms with E-state index in [1.807, 2.05) is 24.3 Å². The normalized spacial score (nSPS) is 13.7. The van der Waals surface area contributed by atoms with Crippen LogP contribution < -0.4 is 25.5 Å². The van der Waals surface area contributed by atoms with Crippen molar-refractivity contribution in [2.24, 2.45) is 10.8 Å². The lowest BCUT2D eigenvalue weighted by molar-refractivity contribution is -0.146. The Hall–Kier alpha value is -4.08. The Bertz CT molecular complexity index is 984. The molecule has 10 heteroatoms. The van der Waals surface area contributed by atoms with Gasteiger partial charge < -0.3 is 25.0 Å². The van der Waals surface area contributed by atoms with Crippen LogP contribution in [0, 0.1) is 0 Å². The minimum absolute atomic E-state index is 0.210. The number of para-hydroxylation sites is 2. The summed E-state index contributed by atoms with van der Waals surface area (Å²) in [5.74, 6) is -0.742. The number of carbonyl (C=O) groups excluding carboxylic acids is 3.